The summed E-state index contributed by atoms with van der Waals surface area (Å²) in [4.78, 5) is 0. The fourth-order valence-corrected chi connectivity index (χ4v) is 2.15. The maximum Gasteiger partial charge on any atom is 0.122 e. The van der Waals surface area contributed by atoms with E-state index in [2.05, 4.69) is 31.3 Å². The van der Waals surface area contributed by atoms with Gasteiger partial charge in [-0.3, -0.25) is 0 Å². The Morgan fingerprint density at radius 3 is 2.53 bits per heavy atom. The van der Waals surface area contributed by atoms with Crippen molar-refractivity contribution < 1.29 is 9.47 Å². The molecular formula is C16H27NO2. The van der Waals surface area contributed by atoms with Gasteiger partial charge in [-0.15, -0.1) is 0 Å². The second-order valence-corrected chi connectivity index (χ2v) is 5.23. The van der Waals surface area contributed by atoms with Crippen LogP contribution in [0.5, 0.6) is 5.75 Å². The van der Waals surface area contributed by atoms with Crippen molar-refractivity contribution in [3.8, 4) is 5.75 Å². The summed E-state index contributed by atoms with van der Waals surface area (Å²) < 4.78 is 10.6. The first-order chi connectivity index (χ1) is 9.17. The highest BCUT2D eigenvalue weighted by Crippen LogP contribution is 2.22. The molecule has 0 fully saturated rings. The average Bonchev–Trinajstić information content (AvgIpc) is 2.42. The topological polar surface area (TPSA) is 30.5 Å². The number of para-hydroxylation sites is 1. The number of hydrogen-bond acceptors (Lipinski definition) is 3. The highest BCUT2D eigenvalue weighted by Gasteiger charge is 2.13. The standard InChI is InChI=1S/C16H27NO2/c1-13(2)17-12-14(9-10-18-3)11-15-7-5-6-8-16(15)19-4/h5-8,13-14,17H,9-12H2,1-4H3. The summed E-state index contributed by atoms with van der Waals surface area (Å²) in [5.41, 5.74) is 1.27. The van der Waals surface area contributed by atoms with Crippen LogP contribution in [0.15, 0.2) is 24.3 Å². The van der Waals surface area contributed by atoms with Crippen LogP contribution in [0.1, 0.15) is 25.8 Å². The molecule has 0 amide bonds. The monoisotopic (exact) mass is 265 g/mol. The van der Waals surface area contributed by atoms with E-state index < -0.39 is 0 Å². The molecule has 0 heterocycles. The molecule has 0 aliphatic heterocycles. The van der Waals surface area contributed by atoms with Gasteiger partial charge in [0.25, 0.3) is 0 Å². The van der Waals surface area contributed by atoms with Crippen molar-refractivity contribution in [1.82, 2.24) is 5.32 Å². The molecule has 1 N–H and O–H groups in total. The Balaban J connectivity index is 2.63. The van der Waals surface area contributed by atoms with Crippen LogP contribution in [-0.2, 0) is 11.2 Å². The van der Waals surface area contributed by atoms with Gasteiger partial charge in [0.1, 0.15) is 5.75 Å². The third-order valence-electron chi connectivity index (χ3n) is 3.25. The third-order valence-corrected chi connectivity index (χ3v) is 3.25. The van der Waals surface area contributed by atoms with Crippen LogP contribution in [0.2, 0.25) is 0 Å². The lowest BCUT2D eigenvalue weighted by atomic mass is 9.95. The Hall–Kier alpha value is -1.06. The predicted molar refractivity (Wildman–Crippen MR) is 79.8 cm³/mol. The molecule has 0 aliphatic carbocycles. The van der Waals surface area contributed by atoms with Crippen molar-refractivity contribution in [2.45, 2.75) is 32.7 Å². The molecule has 0 aliphatic rings. The molecule has 0 spiro atoms. The second-order valence-electron chi connectivity index (χ2n) is 5.23. The van der Waals surface area contributed by atoms with Crippen molar-refractivity contribution in [2.75, 3.05) is 27.4 Å². The van der Waals surface area contributed by atoms with E-state index in [4.69, 9.17) is 9.47 Å². The molecule has 3 heteroatoms. The number of nitrogens with one attached hydrogen (secondary N) is 1. The van der Waals surface area contributed by atoms with Crippen molar-refractivity contribution in [2.24, 2.45) is 5.92 Å². The SMILES string of the molecule is COCCC(CNC(C)C)Cc1ccccc1OC. The van der Waals surface area contributed by atoms with Crippen molar-refractivity contribution >= 4 is 0 Å². The number of methoxy groups -OCH3 is 2. The highest BCUT2D eigenvalue weighted by molar-refractivity contribution is 5.33. The number of hydrogen-bond donors (Lipinski definition) is 1. The van der Waals surface area contributed by atoms with Crippen LogP contribution in [0, 0.1) is 5.92 Å². The zero-order valence-corrected chi connectivity index (χ0v) is 12.6. The third kappa shape index (κ3) is 6.08. The van der Waals surface area contributed by atoms with Gasteiger partial charge in [0.2, 0.25) is 0 Å². The Morgan fingerprint density at radius 1 is 1.16 bits per heavy atom. The number of ether oxygens (including phenoxy) is 2. The zero-order chi connectivity index (χ0) is 14.1. The van der Waals surface area contributed by atoms with E-state index in [-0.39, 0.29) is 0 Å². The molecule has 108 valence electrons. The molecule has 0 radical (unpaired) electrons. The molecule has 0 saturated heterocycles. The smallest absolute Gasteiger partial charge is 0.122 e. The van der Waals surface area contributed by atoms with E-state index in [1.807, 2.05) is 12.1 Å². The molecule has 1 atom stereocenters. The maximum absolute atomic E-state index is 5.42. The highest BCUT2D eigenvalue weighted by atomic mass is 16.5. The summed E-state index contributed by atoms with van der Waals surface area (Å²) in [6.45, 7) is 6.17. The predicted octanol–water partition coefficient (Wildman–Crippen LogP) is 2.89. The normalized spacial score (nSPS) is 12.7. The molecule has 1 aromatic rings. The number of rotatable bonds is 9. The molecule has 1 rings (SSSR count). The van der Waals surface area contributed by atoms with E-state index in [1.54, 1.807) is 14.2 Å². The van der Waals surface area contributed by atoms with E-state index in [0.717, 1.165) is 31.7 Å². The lowest BCUT2D eigenvalue weighted by Crippen LogP contribution is -2.30. The lowest BCUT2D eigenvalue weighted by Gasteiger charge is -2.20. The van der Waals surface area contributed by atoms with Crippen LogP contribution >= 0.6 is 0 Å². The minimum atomic E-state index is 0.516. The number of benzene rings is 1. The van der Waals surface area contributed by atoms with E-state index in [9.17, 15) is 0 Å². The lowest BCUT2D eigenvalue weighted by molar-refractivity contribution is 0.175. The molecule has 1 aromatic carbocycles. The Bertz CT molecular complexity index is 352. The fourth-order valence-electron chi connectivity index (χ4n) is 2.15. The molecule has 0 bridgehead atoms. The summed E-state index contributed by atoms with van der Waals surface area (Å²) in [5.74, 6) is 1.55. The first kappa shape index (κ1) is 16.0. The Labute approximate surface area is 117 Å². The molecule has 1 unspecified atom stereocenters. The van der Waals surface area contributed by atoms with Crippen molar-refractivity contribution in [1.29, 1.82) is 0 Å². The fraction of sp³-hybridized carbons (Fsp3) is 0.625. The Kier molecular flexibility index (Phi) is 7.53. The molecular weight excluding hydrogens is 238 g/mol. The van der Waals surface area contributed by atoms with Crippen LogP contribution < -0.4 is 10.1 Å². The van der Waals surface area contributed by atoms with E-state index in [1.165, 1.54) is 5.56 Å². The summed E-state index contributed by atoms with van der Waals surface area (Å²) in [7, 11) is 3.49. The van der Waals surface area contributed by atoms with Gasteiger partial charge >= 0.3 is 0 Å². The van der Waals surface area contributed by atoms with Gasteiger partial charge in [0.15, 0.2) is 0 Å². The summed E-state index contributed by atoms with van der Waals surface area (Å²) in [6, 6.07) is 8.77. The van der Waals surface area contributed by atoms with E-state index in [0.29, 0.717) is 12.0 Å². The molecule has 0 aromatic heterocycles. The second kappa shape index (κ2) is 8.94. The van der Waals surface area contributed by atoms with Crippen LogP contribution in [0.25, 0.3) is 0 Å². The largest absolute Gasteiger partial charge is 0.496 e. The summed E-state index contributed by atoms with van der Waals surface area (Å²) in [6.07, 6.45) is 2.08. The first-order valence-electron chi connectivity index (χ1n) is 7.01. The van der Waals surface area contributed by atoms with Gasteiger partial charge in [-0.1, -0.05) is 32.0 Å². The van der Waals surface area contributed by atoms with Crippen LogP contribution in [-0.4, -0.2) is 33.4 Å². The minimum Gasteiger partial charge on any atom is -0.496 e. The van der Waals surface area contributed by atoms with Crippen molar-refractivity contribution in [3.05, 3.63) is 29.8 Å². The van der Waals surface area contributed by atoms with Gasteiger partial charge in [0, 0.05) is 19.8 Å². The van der Waals surface area contributed by atoms with Gasteiger partial charge < -0.3 is 14.8 Å². The first-order valence-corrected chi connectivity index (χ1v) is 7.01. The zero-order valence-electron chi connectivity index (χ0n) is 12.6. The summed E-state index contributed by atoms with van der Waals surface area (Å²) in [5, 5.41) is 3.52. The van der Waals surface area contributed by atoms with Gasteiger partial charge in [-0.25, -0.2) is 0 Å². The van der Waals surface area contributed by atoms with Crippen LogP contribution in [0.3, 0.4) is 0 Å². The summed E-state index contributed by atoms with van der Waals surface area (Å²) >= 11 is 0. The molecule has 19 heavy (non-hydrogen) atoms. The van der Waals surface area contributed by atoms with Gasteiger partial charge in [0.05, 0.1) is 7.11 Å². The maximum atomic E-state index is 5.42. The van der Waals surface area contributed by atoms with Crippen LogP contribution in [0.4, 0.5) is 0 Å². The Morgan fingerprint density at radius 2 is 1.89 bits per heavy atom. The van der Waals surface area contributed by atoms with E-state index >= 15 is 0 Å². The van der Waals surface area contributed by atoms with Gasteiger partial charge in [-0.2, -0.15) is 0 Å². The van der Waals surface area contributed by atoms with Crippen molar-refractivity contribution in [3.63, 3.8) is 0 Å². The van der Waals surface area contributed by atoms with Gasteiger partial charge in [-0.05, 0) is 36.9 Å². The molecule has 0 saturated carbocycles. The molecule has 3 nitrogen and oxygen atoms in total. The average molecular weight is 265 g/mol. The quantitative estimate of drug-likeness (QED) is 0.744. The minimum absolute atomic E-state index is 0.516.